The van der Waals surface area contributed by atoms with Crippen LogP contribution in [0.2, 0.25) is 0 Å². The fourth-order valence-electron chi connectivity index (χ4n) is 0.899. The highest BCUT2D eigenvalue weighted by molar-refractivity contribution is 5.84. The minimum absolute atomic E-state index is 0.589. The first kappa shape index (κ1) is 10.2. The Hall–Kier alpha value is -1.84. The number of carboxylic acids is 1. The van der Waals surface area contributed by atoms with Crippen molar-refractivity contribution in [3.05, 3.63) is 30.1 Å². The van der Waals surface area contributed by atoms with E-state index in [4.69, 9.17) is 9.84 Å². The summed E-state index contributed by atoms with van der Waals surface area (Å²) in [4.78, 5) is 14.2. The number of carboxylic acid groups (broad SMARTS) is 1. The minimum atomic E-state index is -0.985. The van der Waals surface area contributed by atoms with Gasteiger partial charge in [-0.25, -0.2) is 4.79 Å². The van der Waals surface area contributed by atoms with Gasteiger partial charge < -0.3 is 9.84 Å². The molecule has 0 radical (unpaired) electrons. The van der Waals surface area contributed by atoms with Gasteiger partial charge in [0.05, 0.1) is 18.5 Å². The molecule has 0 aliphatic carbocycles. The van der Waals surface area contributed by atoms with Crippen LogP contribution in [-0.2, 0) is 4.79 Å². The third kappa shape index (κ3) is 3.26. The van der Waals surface area contributed by atoms with Gasteiger partial charge in [0.25, 0.3) is 0 Å². The van der Waals surface area contributed by atoms with Crippen molar-refractivity contribution in [3.8, 4) is 5.75 Å². The molecule has 0 amide bonds. The summed E-state index contributed by atoms with van der Waals surface area (Å²) < 4.78 is 5.18. The lowest BCUT2D eigenvalue weighted by Gasteiger charge is -2.01. The third-order valence-electron chi connectivity index (χ3n) is 1.47. The summed E-state index contributed by atoms with van der Waals surface area (Å²) in [6, 6.07) is 3.45. The molecule has 0 bridgehead atoms. The van der Waals surface area contributed by atoms with Crippen molar-refractivity contribution >= 4 is 12.0 Å². The Morgan fingerprint density at radius 3 is 2.93 bits per heavy atom. The first-order valence-electron chi connectivity index (χ1n) is 4.22. The van der Waals surface area contributed by atoms with Crippen LogP contribution in [0, 0.1) is 0 Å². The van der Waals surface area contributed by atoms with Crippen molar-refractivity contribution in [2.45, 2.75) is 6.92 Å². The molecule has 0 aromatic carbocycles. The molecule has 1 N–H and O–H groups in total. The predicted octanol–water partition coefficient (Wildman–Crippen LogP) is 1.58. The zero-order chi connectivity index (χ0) is 10.4. The van der Waals surface area contributed by atoms with Gasteiger partial charge >= 0.3 is 5.97 Å². The van der Waals surface area contributed by atoms with E-state index in [1.165, 1.54) is 6.08 Å². The predicted molar refractivity (Wildman–Crippen MR) is 52.1 cm³/mol. The zero-order valence-electron chi connectivity index (χ0n) is 7.80. The number of pyridine rings is 1. The molecule has 1 aromatic rings. The van der Waals surface area contributed by atoms with Crippen molar-refractivity contribution in [1.82, 2.24) is 4.98 Å². The van der Waals surface area contributed by atoms with Crippen molar-refractivity contribution < 1.29 is 14.6 Å². The molecule has 4 nitrogen and oxygen atoms in total. The fraction of sp³-hybridized carbons (Fsp3) is 0.200. The summed E-state index contributed by atoms with van der Waals surface area (Å²) in [7, 11) is 0. The summed E-state index contributed by atoms with van der Waals surface area (Å²) in [5.74, 6) is -0.305. The van der Waals surface area contributed by atoms with Crippen LogP contribution in [0.3, 0.4) is 0 Å². The lowest BCUT2D eigenvalue weighted by molar-refractivity contribution is -0.131. The quantitative estimate of drug-likeness (QED) is 0.737. The van der Waals surface area contributed by atoms with Gasteiger partial charge in [-0.3, -0.25) is 4.98 Å². The number of nitrogens with zero attached hydrogens (tertiary/aromatic N) is 1. The van der Waals surface area contributed by atoms with Gasteiger partial charge in [0.2, 0.25) is 0 Å². The molecule has 0 unspecified atom stereocenters. The summed E-state index contributed by atoms with van der Waals surface area (Å²) in [6.45, 7) is 2.48. The highest BCUT2D eigenvalue weighted by Crippen LogP contribution is 2.09. The average Bonchev–Trinajstić information content (AvgIpc) is 2.17. The van der Waals surface area contributed by atoms with E-state index >= 15 is 0 Å². The summed E-state index contributed by atoms with van der Waals surface area (Å²) in [6.07, 6.45) is 4.03. The number of rotatable bonds is 4. The lowest BCUT2D eigenvalue weighted by Crippen LogP contribution is -1.92. The number of aromatic nitrogens is 1. The highest BCUT2D eigenvalue weighted by Gasteiger charge is 1.93. The van der Waals surface area contributed by atoms with E-state index in [0.717, 1.165) is 6.08 Å². The van der Waals surface area contributed by atoms with E-state index in [-0.39, 0.29) is 0 Å². The SMILES string of the molecule is CCOc1ccc(C=CC(=O)O)nc1. The molecule has 0 atom stereocenters. The van der Waals surface area contributed by atoms with Crippen LogP contribution in [0.1, 0.15) is 12.6 Å². The van der Waals surface area contributed by atoms with Crippen LogP contribution in [0.4, 0.5) is 0 Å². The van der Waals surface area contributed by atoms with Crippen molar-refractivity contribution in [3.63, 3.8) is 0 Å². The van der Waals surface area contributed by atoms with E-state index in [1.54, 1.807) is 18.3 Å². The maximum Gasteiger partial charge on any atom is 0.328 e. The smallest absolute Gasteiger partial charge is 0.328 e. The molecule has 0 aliphatic heterocycles. The largest absolute Gasteiger partial charge is 0.492 e. The average molecular weight is 193 g/mol. The molecule has 1 heterocycles. The van der Waals surface area contributed by atoms with E-state index < -0.39 is 5.97 Å². The van der Waals surface area contributed by atoms with Crippen LogP contribution in [-0.4, -0.2) is 22.7 Å². The molecule has 74 valence electrons. The van der Waals surface area contributed by atoms with Crippen LogP contribution < -0.4 is 4.74 Å². The van der Waals surface area contributed by atoms with Crippen LogP contribution in [0.25, 0.3) is 6.08 Å². The summed E-state index contributed by atoms with van der Waals surface area (Å²) >= 11 is 0. The molecular weight excluding hydrogens is 182 g/mol. The molecule has 14 heavy (non-hydrogen) atoms. The second-order valence-electron chi connectivity index (χ2n) is 2.52. The maximum absolute atomic E-state index is 10.2. The fourth-order valence-corrected chi connectivity index (χ4v) is 0.899. The first-order chi connectivity index (χ1) is 6.72. The topological polar surface area (TPSA) is 59.4 Å². The van der Waals surface area contributed by atoms with E-state index in [1.807, 2.05) is 6.92 Å². The van der Waals surface area contributed by atoms with Gasteiger partial charge in [0.1, 0.15) is 5.75 Å². The number of aliphatic carboxylic acids is 1. The molecule has 1 aromatic heterocycles. The summed E-state index contributed by atoms with van der Waals surface area (Å²) in [5.41, 5.74) is 0.593. The Balaban J connectivity index is 2.68. The molecule has 1 rings (SSSR count). The first-order valence-corrected chi connectivity index (χ1v) is 4.22. The van der Waals surface area contributed by atoms with Gasteiger partial charge in [-0.15, -0.1) is 0 Å². The normalized spacial score (nSPS) is 10.4. The lowest BCUT2D eigenvalue weighted by atomic mass is 10.3. The van der Waals surface area contributed by atoms with Crippen molar-refractivity contribution in [1.29, 1.82) is 0 Å². The Labute approximate surface area is 81.9 Å². The standard InChI is InChI=1S/C10H11NO3/c1-2-14-9-5-3-8(11-7-9)4-6-10(12)13/h3-7H,2H2,1H3,(H,12,13). The van der Waals surface area contributed by atoms with Crippen LogP contribution >= 0.6 is 0 Å². The third-order valence-corrected chi connectivity index (χ3v) is 1.47. The Morgan fingerprint density at radius 2 is 2.43 bits per heavy atom. The molecule has 0 saturated carbocycles. The number of carbonyl (C=O) groups is 1. The number of hydrogen-bond donors (Lipinski definition) is 1. The molecule has 0 fully saturated rings. The van der Waals surface area contributed by atoms with Gasteiger partial charge in [0, 0.05) is 6.08 Å². The second-order valence-corrected chi connectivity index (χ2v) is 2.52. The molecular formula is C10H11NO3. The van der Waals surface area contributed by atoms with Crippen LogP contribution in [0.15, 0.2) is 24.4 Å². The second kappa shape index (κ2) is 5.01. The molecule has 0 saturated heterocycles. The van der Waals surface area contributed by atoms with Gasteiger partial charge in [0.15, 0.2) is 0 Å². The maximum atomic E-state index is 10.2. The van der Waals surface area contributed by atoms with Gasteiger partial charge in [-0.1, -0.05) is 0 Å². The van der Waals surface area contributed by atoms with Crippen molar-refractivity contribution in [2.75, 3.05) is 6.61 Å². The van der Waals surface area contributed by atoms with E-state index in [0.29, 0.717) is 18.1 Å². The number of ether oxygens (including phenoxy) is 1. The minimum Gasteiger partial charge on any atom is -0.492 e. The van der Waals surface area contributed by atoms with E-state index in [2.05, 4.69) is 4.98 Å². The monoisotopic (exact) mass is 193 g/mol. The van der Waals surface area contributed by atoms with Crippen molar-refractivity contribution in [2.24, 2.45) is 0 Å². The molecule has 0 aliphatic rings. The molecule has 0 spiro atoms. The Kier molecular flexibility index (Phi) is 3.67. The van der Waals surface area contributed by atoms with E-state index in [9.17, 15) is 4.79 Å². The number of hydrogen-bond acceptors (Lipinski definition) is 3. The van der Waals surface area contributed by atoms with Gasteiger partial charge in [-0.2, -0.15) is 0 Å². The summed E-state index contributed by atoms with van der Waals surface area (Å²) in [5, 5.41) is 8.37. The Bertz CT molecular complexity index is 330. The Morgan fingerprint density at radius 1 is 1.64 bits per heavy atom. The van der Waals surface area contributed by atoms with Crippen LogP contribution in [0.5, 0.6) is 5.75 Å². The highest BCUT2D eigenvalue weighted by atomic mass is 16.5. The molecule has 4 heteroatoms. The van der Waals surface area contributed by atoms with Gasteiger partial charge in [-0.05, 0) is 25.1 Å². The zero-order valence-corrected chi connectivity index (χ0v) is 7.80.